The number of aryl methyl sites for hydroxylation is 2. The predicted octanol–water partition coefficient (Wildman–Crippen LogP) is 4.38. The van der Waals surface area contributed by atoms with Crippen molar-refractivity contribution in [2.24, 2.45) is 0 Å². The molecule has 0 aliphatic rings. The molecule has 3 nitrogen and oxygen atoms in total. The maximum absolute atomic E-state index is 10.6. The number of aliphatic carboxylic acids is 1. The molecule has 1 aromatic carbocycles. The fourth-order valence-corrected chi connectivity index (χ4v) is 2.45. The number of pyridine rings is 1. The molecule has 20 heavy (non-hydrogen) atoms. The van der Waals surface area contributed by atoms with E-state index in [9.17, 15) is 4.79 Å². The number of hydrogen-bond acceptors (Lipinski definition) is 2. The summed E-state index contributed by atoms with van der Waals surface area (Å²) in [4.78, 5) is 15.1. The molecule has 1 heterocycles. The molecule has 0 saturated carbocycles. The highest BCUT2D eigenvalue weighted by atomic mass is 35.5. The fourth-order valence-electron chi connectivity index (χ4n) is 1.94. The molecule has 1 aromatic heterocycles. The third-order valence-corrected chi connectivity index (χ3v) is 3.56. The van der Waals surface area contributed by atoms with Gasteiger partial charge in [0, 0.05) is 22.7 Å². The molecule has 104 valence electrons. The SMILES string of the molecule is Cc1nc(-c2ccc(Cl)cc2Cl)ccc1CCC(=O)O. The Labute approximate surface area is 127 Å². The Balaban J connectivity index is 2.30. The third-order valence-electron chi connectivity index (χ3n) is 3.01. The highest BCUT2D eigenvalue weighted by Gasteiger charge is 2.09. The van der Waals surface area contributed by atoms with Crippen LogP contribution in [0.25, 0.3) is 11.3 Å². The monoisotopic (exact) mass is 309 g/mol. The van der Waals surface area contributed by atoms with E-state index < -0.39 is 5.97 Å². The van der Waals surface area contributed by atoms with E-state index in [1.54, 1.807) is 12.1 Å². The van der Waals surface area contributed by atoms with Gasteiger partial charge in [0.2, 0.25) is 0 Å². The van der Waals surface area contributed by atoms with Gasteiger partial charge in [-0.05, 0) is 43.2 Å². The minimum absolute atomic E-state index is 0.101. The number of carboxylic acids is 1. The van der Waals surface area contributed by atoms with Crippen molar-refractivity contribution < 1.29 is 9.90 Å². The first-order valence-electron chi connectivity index (χ1n) is 6.11. The van der Waals surface area contributed by atoms with Crippen LogP contribution in [0, 0.1) is 6.92 Å². The third kappa shape index (κ3) is 3.50. The molecule has 0 amide bonds. The van der Waals surface area contributed by atoms with Crippen LogP contribution in [0.3, 0.4) is 0 Å². The second-order valence-electron chi connectivity index (χ2n) is 4.46. The average molecular weight is 310 g/mol. The number of carboxylic acid groups (broad SMARTS) is 1. The fraction of sp³-hybridized carbons (Fsp3) is 0.200. The summed E-state index contributed by atoms with van der Waals surface area (Å²) in [6.07, 6.45) is 0.576. The zero-order valence-corrected chi connectivity index (χ0v) is 12.4. The predicted molar refractivity (Wildman–Crippen MR) is 80.4 cm³/mol. The number of rotatable bonds is 4. The van der Waals surface area contributed by atoms with Crippen molar-refractivity contribution >= 4 is 29.2 Å². The number of hydrogen-bond donors (Lipinski definition) is 1. The Morgan fingerprint density at radius 1 is 1.25 bits per heavy atom. The first-order chi connectivity index (χ1) is 9.47. The van der Waals surface area contributed by atoms with Crippen LogP contribution < -0.4 is 0 Å². The minimum atomic E-state index is -0.811. The highest BCUT2D eigenvalue weighted by Crippen LogP contribution is 2.29. The summed E-state index contributed by atoms with van der Waals surface area (Å²) in [6.45, 7) is 1.87. The van der Waals surface area contributed by atoms with Gasteiger partial charge >= 0.3 is 5.97 Å². The van der Waals surface area contributed by atoms with Gasteiger partial charge in [0.25, 0.3) is 0 Å². The molecule has 2 rings (SSSR count). The Morgan fingerprint density at radius 3 is 2.60 bits per heavy atom. The molecule has 0 radical (unpaired) electrons. The van der Waals surface area contributed by atoms with E-state index in [1.165, 1.54) is 0 Å². The van der Waals surface area contributed by atoms with E-state index in [4.69, 9.17) is 28.3 Å². The van der Waals surface area contributed by atoms with Crippen molar-refractivity contribution in [2.45, 2.75) is 19.8 Å². The summed E-state index contributed by atoms with van der Waals surface area (Å²) in [5.74, 6) is -0.811. The van der Waals surface area contributed by atoms with Gasteiger partial charge in [0.1, 0.15) is 0 Å². The van der Waals surface area contributed by atoms with Crippen molar-refractivity contribution in [3.63, 3.8) is 0 Å². The zero-order valence-electron chi connectivity index (χ0n) is 10.9. The van der Waals surface area contributed by atoms with Gasteiger partial charge in [-0.25, -0.2) is 0 Å². The first kappa shape index (κ1) is 14.8. The van der Waals surface area contributed by atoms with Crippen LogP contribution in [0.1, 0.15) is 17.7 Å². The molecule has 0 bridgehead atoms. The van der Waals surface area contributed by atoms with Crippen LogP contribution in [0.5, 0.6) is 0 Å². The average Bonchev–Trinajstić information content (AvgIpc) is 2.37. The maximum Gasteiger partial charge on any atom is 0.303 e. The largest absolute Gasteiger partial charge is 0.481 e. The maximum atomic E-state index is 10.6. The van der Waals surface area contributed by atoms with Crippen molar-refractivity contribution in [1.29, 1.82) is 0 Å². The quantitative estimate of drug-likeness (QED) is 0.911. The van der Waals surface area contributed by atoms with Crippen LogP contribution in [-0.4, -0.2) is 16.1 Å². The van der Waals surface area contributed by atoms with Crippen LogP contribution >= 0.6 is 23.2 Å². The molecular formula is C15H13Cl2NO2. The normalized spacial score (nSPS) is 10.6. The van der Waals surface area contributed by atoms with Crippen LogP contribution in [-0.2, 0) is 11.2 Å². The van der Waals surface area contributed by atoms with E-state index in [2.05, 4.69) is 4.98 Å². The van der Waals surface area contributed by atoms with Crippen molar-refractivity contribution in [3.05, 3.63) is 51.6 Å². The van der Waals surface area contributed by atoms with E-state index >= 15 is 0 Å². The topological polar surface area (TPSA) is 50.2 Å². The van der Waals surface area contributed by atoms with Crippen molar-refractivity contribution in [3.8, 4) is 11.3 Å². The molecule has 0 unspecified atom stereocenters. The highest BCUT2D eigenvalue weighted by molar-refractivity contribution is 6.36. The van der Waals surface area contributed by atoms with E-state index in [1.807, 2.05) is 25.1 Å². The summed E-state index contributed by atoms with van der Waals surface area (Å²) in [6, 6.07) is 9.00. The Bertz CT molecular complexity index is 656. The van der Waals surface area contributed by atoms with Gasteiger partial charge in [-0.2, -0.15) is 0 Å². The second kappa shape index (κ2) is 6.25. The summed E-state index contributed by atoms with van der Waals surface area (Å²) in [7, 11) is 0. The zero-order chi connectivity index (χ0) is 14.7. The lowest BCUT2D eigenvalue weighted by Gasteiger charge is -2.08. The number of carbonyl (C=O) groups is 1. The number of nitrogens with zero attached hydrogens (tertiary/aromatic N) is 1. The van der Waals surface area contributed by atoms with Gasteiger partial charge in [-0.1, -0.05) is 29.3 Å². The Hall–Kier alpha value is -1.58. The molecule has 0 atom stereocenters. The summed E-state index contributed by atoms with van der Waals surface area (Å²) in [5.41, 5.74) is 3.31. The van der Waals surface area contributed by atoms with E-state index in [0.717, 1.165) is 22.5 Å². The van der Waals surface area contributed by atoms with Crippen LogP contribution in [0.15, 0.2) is 30.3 Å². The molecule has 0 fully saturated rings. The van der Waals surface area contributed by atoms with Gasteiger partial charge in [-0.3, -0.25) is 9.78 Å². The number of benzene rings is 1. The molecule has 5 heteroatoms. The molecule has 0 aliphatic carbocycles. The Morgan fingerprint density at radius 2 is 2.00 bits per heavy atom. The summed E-state index contributed by atoms with van der Waals surface area (Å²) in [5, 5.41) is 9.83. The smallest absolute Gasteiger partial charge is 0.303 e. The second-order valence-corrected chi connectivity index (χ2v) is 5.30. The van der Waals surface area contributed by atoms with Gasteiger partial charge in [-0.15, -0.1) is 0 Å². The minimum Gasteiger partial charge on any atom is -0.481 e. The summed E-state index contributed by atoms with van der Waals surface area (Å²) < 4.78 is 0. The molecule has 2 aromatic rings. The molecule has 0 saturated heterocycles. The molecule has 1 N–H and O–H groups in total. The van der Waals surface area contributed by atoms with E-state index in [0.29, 0.717) is 16.5 Å². The molecule has 0 spiro atoms. The van der Waals surface area contributed by atoms with E-state index in [-0.39, 0.29) is 6.42 Å². The lowest BCUT2D eigenvalue weighted by Crippen LogP contribution is -2.01. The van der Waals surface area contributed by atoms with Crippen molar-refractivity contribution in [1.82, 2.24) is 4.98 Å². The lowest BCUT2D eigenvalue weighted by atomic mass is 10.1. The van der Waals surface area contributed by atoms with Crippen LogP contribution in [0.4, 0.5) is 0 Å². The lowest BCUT2D eigenvalue weighted by molar-refractivity contribution is -0.136. The van der Waals surface area contributed by atoms with Gasteiger partial charge in [0.05, 0.1) is 10.7 Å². The van der Waals surface area contributed by atoms with Crippen molar-refractivity contribution in [2.75, 3.05) is 0 Å². The number of halogens is 2. The Kier molecular flexibility index (Phi) is 4.63. The van der Waals surface area contributed by atoms with Gasteiger partial charge < -0.3 is 5.11 Å². The molecular weight excluding hydrogens is 297 g/mol. The molecule has 0 aliphatic heterocycles. The summed E-state index contributed by atoms with van der Waals surface area (Å²) >= 11 is 12.0. The van der Waals surface area contributed by atoms with Crippen LogP contribution in [0.2, 0.25) is 10.0 Å². The first-order valence-corrected chi connectivity index (χ1v) is 6.86. The van der Waals surface area contributed by atoms with Gasteiger partial charge in [0.15, 0.2) is 0 Å². The number of aromatic nitrogens is 1. The standard InChI is InChI=1S/C15H13Cl2NO2/c1-9-10(3-7-15(19)20)2-6-14(18-9)12-5-4-11(16)8-13(12)17/h2,4-6,8H,3,7H2,1H3,(H,19,20).